The van der Waals surface area contributed by atoms with E-state index >= 15 is 0 Å². The number of hydrogen-bond donors (Lipinski definition) is 1. The van der Waals surface area contributed by atoms with Crippen LogP contribution in [0.3, 0.4) is 0 Å². The SMILES string of the molecule is COc1ccc([C@H](C)NC2CCc3sc(Cl)cc32)cc1. The summed E-state index contributed by atoms with van der Waals surface area (Å²) in [7, 11) is 1.69. The second kappa shape index (κ2) is 5.76. The first-order valence-corrected chi connectivity index (χ1v) is 8.05. The van der Waals surface area contributed by atoms with E-state index in [9.17, 15) is 0 Å². The van der Waals surface area contributed by atoms with Crippen LogP contribution in [-0.2, 0) is 6.42 Å². The molecule has 4 heteroatoms. The molecule has 2 aromatic rings. The van der Waals surface area contributed by atoms with Gasteiger partial charge in [-0.25, -0.2) is 0 Å². The lowest BCUT2D eigenvalue weighted by molar-refractivity contribution is 0.414. The Hall–Kier alpha value is -1.03. The summed E-state index contributed by atoms with van der Waals surface area (Å²) in [6.07, 6.45) is 2.30. The highest BCUT2D eigenvalue weighted by Gasteiger charge is 2.26. The van der Waals surface area contributed by atoms with Crippen molar-refractivity contribution in [1.82, 2.24) is 5.32 Å². The highest BCUT2D eigenvalue weighted by molar-refractivity contribution is 7.16. The van der Waals surface area contributed by atoms with E-state index in [2.05, 4.69) is 30.4 Å². The zero-order valence-corrected chi connectivity index (χ0v) is 13.2. The minimum Gasteiger partial charge on any atom is -0.497 e. The lowest BCUT2D eigenvalue weighted by Gasteiger charge is -2.20. The number of halogens is 1. The van der Waals surface area contributed by atoms with Gasteiger partial charge in [-0.2, -0.15) is 0 Å². The van der Waals surface area contributed by atoms with Gasteiger partial charge in [0, 0.05) is 17.0 Å². The molecule has 0 saturated heterocycles. The molecule has 0 bridgehead atoms. The van der Waals surface area contributed by atoms with Gasteiger partial charge in [-0.1, -0.05) is 23.7 Å². The Morgan fingerprint density at radius 2 is 2.10 bits per heavy atom. The second-order valence-corrected chi connectivity index (χ2v) is 6.95. The predicted octanol–water partition coefficient (Wildman–Crippen LogP) is 4.75. The molecule has 3 rings (SSSR count). The average molecular weight is 308 g/mol. The molecule has 2 atom stereocenters. The predicted molar refractivity (Wildman–Crippen MR) is 84.9 cm³/mol. The molecule has 1 aliphatic rings. The van der Waals surface area contributed by atoms with Crippen LogP contribution in [0.2, 0.25) is 4.34 Å². The van der Waals surface area contributed by atoms with Crippen LogP contribution in [0.1, 0.15) is 41.4 Å². The van der Waals surface area contributed by atoms with E-state index in [-0.39, 0.29) is 0 Å². The minimum atomic E-state index is 0.315. The van der Waals surface area contributed by atoms with Gasteiger partial charge in [0.05, 0.1) is 11.4 Å². The lowest BCUT2D eigenvalue weighted by atomic mass is 10.1. The third kappa shape index (κ3) is 2.71. The van der Waals surface area contributed by atoms with E-state index < -0.39 is 0 Å². The third-order valence-electron chi connectivity index (χ3n) is 3.91. The summed E-state index contributed by atoms with van der Waals surface area (Å²) >= 11 is 7.82. The van der Waals surface area contributed by atoms with Gasteiger partial charge in [-0.3, -0.25) is 0 Å². The Kier molecular flexibility index (Phi) is 4.01. The van der Waals surface area contributed by atoms with E-state index in [0.29, 0.717) is 12.1 Å². The first-order valence-electron chi connectivity index (χ1n) is 6.85. The first-order chi connectivity index (χ1) is 9.67. The Bertz CT molecular complexity index is 593. The molecule has 0 spiro atoms. The normalized spacial score (nSPS) is 18.9. The van der Waals surface area contributed by atoms with Gasteiger partial charge in [0.25, 0.3) is 0 Å². The Morgan fingerprint density at radius 3 is 2.80 bits per heavy atom. The van der Waals surface area contributed by atoms with Gasteiger partial charge in [0.1, 0.15) is 5.75 Å². The van der Waals surface area contributed by atoms with Crippen molar-refractivity contribution in [2.45, 2.75) is 31.8 Å². The molecule has 1 heterocycles. The van der Waals surface area contributed by atoms with Crippen molar-refractivity contribution in [3.8, 4) is 5.75 Å². The number of rotatable bonds is 4. The third-order valence-corrected chi connectivity index (χ3v) is 5.25. The highest BCUT2D eigenvalue weighted by Crippen LogP contribution is 2.40. The van der Waals surface area contributed by atoms with Crippen molar-refractivity contribution in [2.75, 3.05) is 7.11 Å². The quantitative estimate of drug-likeness (QED) is 0.880. The monoisotopic (exact) mass is 307 g/mol. The van der Waals surface area contributed by atoms with Crippen LogP contribution in [0.25, 0.3) is 0 Å². The molecule has 1 aromatic carbocycles. The number of hydrogen-bond acceptors (Lipinski definition) is 3. The van der Waals surface area contributed by atoms with Crippen molar-refractivity contribution >= 4 is 22.9 Å². The molecule has 0 aliphatic heterocycles. The fraction of sp³-hybridized carbons (Fsp3) is 0.375. The van der Waals surface area contributed by atoms with E-state index in [1.54, 1.807) is 18.4 Å². The lowest BCUT2D eigenvalue weighted by Crippen LogP contribution is -2.22. The molecule has 0 saturated carbocycles. The molecule has 2 nitrogen and oxygen atoms in total. The van der Waals surface area contributed by atoms with Crippen molar-refractivity contribution < 1.29 is 4.74 Å². The number of methoxy groups -OCH3 is 1. The maximum atomic E-state index is 6.11. The van der Waals surface area contributed by atoms with Crippen LogP contribution in [0, 0.1) is 0 Å². The maximum Gasteiger partial charge on any atom is 0.118 e. The number of ether oxygens (including phenoxy) is 1. The number of thiophene rings is 1. The van der Waals surface area contributed by atoms with Crippen molar-refractivity contribution in [2.24, 2.45) is 0 Å². The molecule has 0 radical (unpaired) electrons. The molecular weight excluding hydrogens is 290 g/mol. The van der Waals surface area contributed by atoms with E-state index in [1.165, 1.54) is 22.4 Å². The molecule has 0 amide bonds. The summed E-state index contributed by atoms with van der Waals surface area (Å²) in [6.45, 7) is 2.20. The van der Waals surface area contributed by atoms with Gasteiger partial charge >= 0.3 is 0 Å². The summed E-state index contributed by atoms with van der Waals surface area (Å²) in [5, 5.41) is 3.71. The van der Waals surface area contributed by atoms with E-state index in [1.807, 2.05) is 12.1 Å². The molecule has 0 fully saturated rings. The zero-order valence-electron chi connectivity index (χ0n) is 11.7. The summed E-state index contributed by atoms with van der Waals surface area (Å²) in [4.78, 5) is 1.44. The number of nitrogens with one attached hydrogen (secondary N) is 1. The van der Waals surface area contributed by atoms with Gasteiger partial charge in [-0.05, 0) is 49.1 Å². The number of fused-ring (bicyclic) bond motifs is 1. The molecule has 1 aliphatic carbocycles. The smallest absolute Gasteiger partial charge is 0.118 e. The highest BCUT2D eigenvalue weighted by atomic mass is 35.5. The maximum absolute atomic E-state index is 6.11. The standard InChI is InChI=1S/C16H18ClNOS/c1-10(11-3-5-12(19-2)6-4-11)18-14-7-8-15-13(14)9-16(17)20-15/h3-6,9-10,14,18H,7-8H2,1-2H3/t10-,14?/m0/s1. The van der Waals surface area contributed by atoms with Crippen molar-refractivity contribution in [1.29, 1.82) is 0 Å². The van der Waals surface area contributed by atoms with E-state index in [0.717, 1.165) is 16.5 Å². The number of aryl methyl sites for hydroxylation is 1. The van der Waals surface area contributed by atoms with Crippen LogP contribution < -0.4 is 10.1 Å². The van der Waals surface area contributed by atoms with Gasteiger partial charge in [-0.15, -0.1) is 11.3 Å². The summed E-state index contributed by atoms with van der Waals surface area (Å²) in [5.74, 6) is 0.897. The molecule has 1 unspecified atom stereocenters. The van der Waals surface area contributed by atoms with Gasteiger partial charge in [0.2, 0.25) is 0 Å². The zero-order chi connectivity index (χ0) is 14.1. The van der Waals surface area contributed by atoms with Gasteiger partial charge < -0.3 is 10.1 Å². The first kappa shape index (κ1) is 13.9. The van der Waals surface area contributed by atoms with E-state index in [4.69, 9.17) is 16.3 Å². The Balaban J connectivity index is 1.71. The molecule has 1 N–H and O–H groups in total. The number of benzene rings is 1. The van der Waals surface area contributed by atoms with Crippen LogP contribution in [-0.4, -0.2) is 7.11 Å². The van der Waals surface area contributed by atoms with Gasteiger partial charge in [0.15, 0.2) is 0 Å². The minimum absolute atomic E-state index is 0.315. The van der Waals surface area contributed by atoms with Crippen LogP contribution in [0.4, 0.5) is 0 Å². The van der Waals surface area contributed by atoms with Crippen molar-refractivity contribution in [3.63, 3.8) is 0 Å². The average Bonchev–Trinajstić information content (AvgIpc) is 2.99. The van der Waals surface area contributed by atoms with Crippen LogP contribution >= 0.6 is 22.9 Å². The fourth-order valence-corrected chi connectivity index (χ4v) is 4.15. The summed E-state index contributed by atoms with van der Waals surface area (Å²) in [5.41, 5.74) is 2.67. The molecule has 1 aromatic heterocycles. The molecule has 20 heavy (non-hydrogen) atoms. The Labute approximate surface area is 128 Å². The second-order valence-electron chi connectivity index (χ2n) is 5.18. The van der Waals surface area contributed by atoms with Crippen molar-refractivity contribution in [3.05, 3.63) is 50.7 Å². The Morgan fingerprint density at radius 1 is 1.35 bits per heavy atom. The molecule has 106 valence electrons. The van der Waals surface area contributed by atoms with Crippen LogP contribution in [0.15, 0.2) is 30.3 Å². The molecular formula is C16H18ClNOS. The largest absolute Gasteiger partial charge is 0.497 e. The fourth-order valence-electron chi connectivity index (χ4n) is 2.79. The van der Waals surface area contributed by atoms with Crippen LogP contribution in [0.5, 0.6) is 5.75 Å². The topological polar surface area (TPSA) is 21.3 Å². The summed E-state index contributed by atoms with van der Waals surface area (Å²) in [6, 6.07) is 11.1. The summed E-state index contributed by atoms with van der Waals surface area (Å²) < 4.78 is 6.10.